The molecule has 0 amide bonds. The molecule has 0 spiro atoms. The zero-order chi connectivity index (χ0) is 8.91. The molecule has 66 valence electrons. The molecule has 5 heteroatoms. The predicted octanol–water partition coefficient (Wildman–Crippen LogP) is 3.05. The first-order valence-electron chi connectivity index (χ1n) is 3.21. The van der Waals surface area contributed by atoms with E-state index < -0.39 is 10.3 Å². The summed E-state index contributed by atoms with van der Waals surface area (Å²) in [6.07, 6.45) is 1.09. The lowest BCUT2D eigenvalue weighted by Gasteiger charge is -2.14. The fourth-order valence-corrected chi connectivity index (χ4v) is 0.766. The minimum Gasteiger partial charge on any atom is -0.348 e. The maximum Gasteiger partial charge on any atom is 0.324 e. The van der Waals surface area contributed by atoms with Gasteiger partial charge in [0, 0.05) is 6.42 Å². The van der Waals surface area contributed by atoms with E-state index in [1.165, 1.54) is 0 Å². The van der Waals surface area contributed by atoms with Crippen LogP contribution in [-0.2, 0) is 9.08 Å². The van der Waals surface area contributed by atoms with E-state index in [9.17, 15) is 4.79 Å². The van der Waals surface area contributed by atoms with Crippen LogP contribution in [0.1, 0.15) is 26.2 Å². The Hall–Kier alpha value is 0.340. The van der Waals surface area contributed by atoms with Crippen molar-refractivity contribution in [2.45, 2.75) is 30.5 Å². The lowest BCUT2D eigenvalue weighted by atomic mass is 10.2. The van der Waals surface area contributed by atoms with Gasteiger partial charge in [-0.2, -0.15) is 0 Å². The smallest absolute Gasteiger partial charge is 0.324 e. The number of hydrogen-bond acceptors (Lipinski definition) is 2. The molecule has 11 heavy (non-hydrogen) atoms. The van der Waals surface area contributed by atoms with Crippen molar-refractivity contribution in [3.63, 3.8) is 0 Å². The molecule has 0 bridgehead atoms. The number of alkyl halides is 2. The van der Waals surface area contributed by atoms with Crippen LogP contribution in [0.25, 0.3) is 0 Å². The normalized spacial score (nSPS) is 11.3. The molecule has 0 radical (unpaired) electrons. The second kappa shape index (κ2) is 5.07. The monoisotopic (exact) mass is 218 g/mol. The molecule has 0 heterocycles. The molecule has 0 aromatic rings. The van der Waals surface area contributed by atoms with Crippen LogP contribution in [0, 0.1) is 0 Å². The van der Waals surface area contributed by atoms with Crippen LogP contribution >= 0.6 is 35.1 Å². The van der Waals surface area contributed by atoms with Crippen LogP contribution in [0.15, 0.2) is 0 Å². The molecule has 0 aromatic heterocycles. The van der Waals surface area contributed by atoms with Crippen molar-refractivity contribution in [3.8, 4) is 0 Å². The third kappa shape index (κ3) is 5.59. The standard InChI is InChI=1S/C6H9Cl3O2/c1-2-6(7,8)4-3-5(10)11-9/h2-4H2,1H3. The average molecular weight is 219 g/mol. The van der Waals surface area contributed by atoms with Crippen molar-refractivity contribution in [1.82, 2.24) is 0 Å². The van der Waals surface area contributed by atoms with Crippen LogP contribution in [-0.4, -0.2) is 10.3 Å². The summed E-state index contributed by atoms with van der Waals surface area (Å²) in [7, 11) is 0. The third-order valence-electron chi connectivity index (χ3n) is 1.30. The lowest BCUT2D eigenvalue weighted by molar-refractivity contribution is -0.134. The largest absolute Gasteiger partial charge is 0.348 e. The lowest BCUT2D eigenvalue weighted by Crippen LogP contribution is -2.13. The Morgan fingerprint density at radius 1 is 1.55 bits per heavy atom. The fourth-order valence-electron chi connectivity index (χ4n) is 0.500. The molecule has 0 unspecified atom stereocenters. The van der Waals surface area contributed by atoms with Crippen molar-refractivity contribution >= 4 is 41.0 Å². The quantitative estimate of drug-likeness (QED) is 0.679. The number of rotatable bonds is 4. The highest BCUT2D eigenvalue weighted by atomic mass is 35.5. The average Bonchev–Trinajstić information content (AvgIpc) is 2.00. The molecule has 2 nitrogen and oxygen atoms in total. The van der Waals surface area contributed by atoms with Gasteiger partial charge in [-0.15, -0.1) is 23.2 Å². The van der Waals surface area contributed by atoms with Gasteiger partial charge in [0.2, 0.25) is 0 Å². The van der Waals surface area contributed by atoms with E-state index in [4.69, 9.17) is 35.1 Å². The van der Waals surface area contributed by atoms with E-state index in [-0.39, 0.29) is 6.42 Å². The minimum absolute atomic E-state index is 0.143. The molecule has 0 rings (SSSR count). The maximum absolute atomic E-state index is 10.5. The third-order valence-corrected chi connectivity index (χ3v) is 2.38. The first-order chi connectivity index (χ1) is 5.02. The van der Waals surface area contributed by atoms with E-state index in [2.05, 4.69) is 4.29 Å². The van der Waals surface area contributed by atoms with Gasteiger partial charge in [-0.05, 0) is 12.8 Å². The van der Waals surface area contributed by atoms with Crippen molar-refractivity contribution in [2.75, 3.05) is 0 Å². The Balaban J connectivity index is 3.61. The molecule has 0 saturated carbocycles. The highest BCUT2D eigenvalue weighted by Gasteiger charge is 2.22. The van der Waals surface area contributed by atoms with Crippen LogP contribution in [0.4, 0.5) is 0 Å². The van der Waals surface area contributed by atoms with Crippen LogP contribution in [0.2, 0.25) is 0 Å². The highest BCUT2D eigenvalue weighted by Crippen LogP contribution is 2.30. The number of carbonyl (C=O) groups excluding carboxylic acids is 1. The summed E-state index contributed by atoms with van der Waals surface area (Å²) in [6, 6.07) is 0. The highest BCUT2D eigenvalue weighted by molar-refractivity contribution is 6.48. The van der Waals surface area contributed by atoms with Gasteiger partial charge >= 0.3 is 5.97 Å². The summed E-state index contributed by atoms with van der Waals surface area (Å²) < 4.78 is 3.06. The minimum atomic E-state index is -0.842. The summed E-state index contributed by atoms with van der Waals surface area (Å²) in [5.41, 5.74) is 0. The summed E-state index contributed by atoms with van der Waals surface area (Å²) in [5, 5.41) is 0. The Morgan fingerprint density at radius 3 is 2.45 bits per heavy atom. The second-order valence-corrected chi connectivity index (χ2v) is 3.95. The van der Waals surface area contributed by atoms with E-state index in [0.717, 1.165) is 0 Å². The first-order valence-corrected chi connectivity index (χ1v) is 4.27. The first kappa shape index (κ1) is 11.3. The molecule has 0 N–H and O–H groups in total. The molecule has 0 aromatic carbocycles. The molecule has 0 aliphatic heterocycles. The summed E-state index contributed by atoms with van der Waals surface area (Å²) in [6.45, 7) is 1.84. The molecule has 0 atom stereocenters. The van der Waals surface area contributed by atoms with E-state index >= 15 is 0 Å². The van der Waals surface area contributed by atoms with Crippen molar-refractivity contribution < 1.29 is 9.08 Å². The van der Waals surface area contributed by atoms with Gasteiger partial charge in [0.1, 0.15) is 16.2 Å². The van der Waals surface area contributed by atoms with Crippen LogP contribution in [0.5, 0.6) is 0 Å². The van der Waals surface area contributed by atoms with Crippen molar-refractivity contribution in [1.29, 1.82) is 0 Å². The number of halogens is 3. The van der Waals surface area contributed by atoms with Gasteiger partial charge in [0.25, 0.3) is 0 Å². The zero-order valence-corrected chi connectivity index (χ0v) is 8.34. The Morgan fingerprint density at radius 2 is 2.09 bits per heavy atom. The Bertz CT molecular complexity index is 136. The topological polar surface area (TPSA) is 26.3 Å². The molecule has 0 fully saturated rings. The second-order valence-electron chi connectivity index (χ2n) is 2.16. The summed E-state index contributed by atoms with van der Waals surface area (Å²) in [4.78, 5) is 10.5. The zero-order valence-electron chi connectivity index (χ0n) is 6.07. The van der Waals surface area contributed by atoms with Gasteiger partial charge in [-0.1, -0.05) is 6.92 Å². The predicted molar refractivity (Wildman–Crippen MR) is 45.9 cm³/mol. The number of carbonyl (C=O) groups is 1. The van der Waals surface area contributed by atoms with Gasteiger partial charge in [0.05, 0.1) is 0 Å². The molecule has 0 aliphatic carbocycles. The fraction of sp³-hybridized carbons (Fsp3) is 0.833. The van der Waals surface area contributed by atoms with E-state index in [1.807, 2.05) is 6.92 Å². The summed E-state index contributed by atoms with van der Waals surface area (Å²) >= 11 is 16.3. The van der Waals surface area contributed by atoms with Gasteiger partial charge < -0.3 is 4.29 Å². The summed E-state index contributed by atoms with van der Waals surface area (Å²) in [5.74, 6) is -0.509. The molecular formula is C6H9Cl3O2. The van der Waals surface area contributed by atoms with Gasteiger partial charge in [-0.3, -0.25) is 4.79 Å². The van der Waals surface area contributed by atoms with Crippen molar-refractivity contribution in [2.24, 2.45) is 0 Å². The van der Waals surface area contributed by atoms with E-state index in [1.54, 1.807) is 0 Å². The molecular weight excluding hydrogens is 210 g/mol. The molecule has 0 aliphatic rings. The van der Waals surface area contributed by atoms with Crippen molar-refractivity contribution in [3.05, 3.63) is 0 Å². The van der Waals surface area contributed by atoms with E-state index in [0.29, 0.717) is 12.8 Å². The number of hydrogen-bond donors (Lipinski definition) is 0. The SMILES string of the molecule is CCC(Cl)(Cl)CCC(=O)OCl. The maximum atomic E-state index is 10.5. The Labute approximate surface area is 80.9 Å². The Kier molecular flexibility index (Phi) is 5.23. The van der Waals surface area contributed by atoms with Crippen LogP contribution < -0.4 is 0 Å². The van der Waals surface area contributed by atoms with Crippen LogP contribution in [0.3, 0.4) is 0 Å². The van der Waals surface area contributed by atoms with Gasteiger partial charge in [0.15, 0.2) is 0 Å². The van der Waals surface area contributed by atoms with Gasteiger partial charge in [-0.25, -0.2) is 0 Å². The molecule has 0 saturated heterocycles.